The van der Waals surface area contributed by atoms with E-state index in [0.29, 0.717) is 0 Å². The Labute approximate surface area is 112 Å². The lowest BCUT2D eigenvalue weighted by Gasteiger charge is -2.13. The van der Waals surface area contributed by atoms with Crippen molar-refractivity contribution in [2.45, 2.75) is 27.7 Å². The van der Waals surface area contributed by atoms with Crippen LogP contribution in [0.4, 0.5) is 0 Å². The van der Waals surface area contributed by atoms with Crippen molar-refractivity contribution in [1.29, 1.82) is 0 Å². The third-order valence-corrected chi connectivity index (χ3v) is 3.72. The summed E-state index contributed by atoms with van der Waals surface area (Å²) in [6.45, 7) is 8.22. The number of hydrogen-bond donors (Lipinski definition) is 1. The second-order valence-electron chi connectivity index (χ2n) is 4.98. The number of hydrogen-bond acceptors (Lipinski definition) is 2. The summed E-state index contributed by atoms with van der Waals surface area (Å²) in [5.74, 6) is -0.957. The number of carboxylic acid groups (broad SMARTS) is 1. The van der Waals surface area contributed by atoms with Crippen molar-refractivity contribution in [2.24, 2.45) is 7.05 Å². The summed E-state index contributed by atoms with van der Waals surface area (Å²) >= 11 is 0. The molecule has 0 fully saturated rings. The van der Waals surface area contributed by atoms with Gasteiger partial charge < -0.3 is 5.11 Å². The summed E-state index contributed by atoms with van der Waals surface area (Å²) in [6, 6.07) is 3.78. The minimum absolute atomic E-state index is 0.202. The van der Waals surface area contributed by atoms with E-state index in [4.69, 9.17) is 5.11 Å². The molecule has 0 saturated heterocycles. The van der Waals surface area contributed by atoms with E-state index in [1.165, 1.54) is 15.8 Å². The molecule has 0 amide bonds. The average Bonchev–Trinajstić information content (AvgIpc) is 2.69. The molecule has 1 heterocycles. The summed E-state index contributed by atoms with van der Waals surface area (Å²) in [7, 11) is 1.65. The van der Waals surface area contributed by atoms with Gasteiger partial charge in [0.15, 0.2) is 0 Å². The van der Waals surface area contributed by atoms with Crippen molar-refractivity contribution >= 4 is 5.97 Å². The Bertz CT molecular complexity index is 643. The molecular formula is C15H18N2O2. The highest BCUT2D eigenvalue weighted by atomic mass is 16.4. The molecule has 1 N–H and O–H groups in total. The maximum absolute atomic E-state index is 11.1. The van der Waals surface area contributed by atoms with Gasteiger partial charge in [-0.25, -0.2) is 4.79 Å². The molecule has 0 unspecified atom stereocenters. The van der Waals surface area contributed by atoms with Crippen LogP contribution in [0.15, 0.2) is 12.1 Å². The molecule has 0 saturated carbocycles. The SMILES string of the molecule is Cc1cc(C)c(C)c(-c2cc(C(=O)O)n(C)n2)c1C. The summed E-state index contributed by atoms with van der Waals surface area (Å²) < 4.78 is 1.41. The van der Waals surface area contributed by atoms with Crippen LogP contribution in [0, 0.1) is 27.7 Å². The fourth-order valence-electron chi connectivity index (χ4n) is 2.39. The molecule has 19 heavy (non-hydrogen) atoms. The highest BCUT2D eigenvalue weighted by Crippen LogP contribution is 2.31. The van der Waals surface area contributed by atoms with Crippen molar-refractivity contribution < 1.29 is 9.90 Å². The molecule has 2 rings (SSSR count). The Morgan fingerprint density at radius 3 is 2.05 bits per heavy atom. The molecule has 4 nitrogen and oxygen atoms in total. The lowest BCUT2D eigenvalue weighted by atomic mass is 9.92. The Hall–Kier alpha value is -2.10. The molecule has 0 spiro atoms. The standard InChI is InChI=1S/C15H18N2O2/c1-8-6-9(2)11(4)14(10(8)3)12-7-13(15(18)19)17(5)16-12/h6-7H,1-5H3,(H,18,19). The summed E-state index contributed by atoms with van der Waals surface area (Å²) in [5.41, 5.74) is 6.66. The fourth-order valence-corrected chi connectivity index (χ4v) is 2.39. The molecule has 100 valence electrons. The van der Waals surface area contributed by atoms with Crippen molar-refractivity contribution in [1.82, 2.24) is 9.78 Å². The summed E-state index contributed by atoms with van der Waals surface area (Å²) in [6.07, 6.45) is 0. The van der Waals surface area contributed by atoms with Gasteiger partial charge in [0.05, 0.1) is 5.69 Å². The third kappa shape index (κ3) is 2.14. The predicted molar refractivity (Wildman–Crippen MR) is 74.6 cm³/mol. The number of benzene rings is 1. The molecule has 0 bridgehead atoms. The highest BCUT2D eigenvalue weighted by Gasteiger charge is 2.17. The van der Waals surface area contributed by atoms with Gasteiger partial charge in [-0.1, -0.05) is 6.07 Å². The van der Waals surface area contributed by atoms with Crippen LogP contribution in [-0.4, -0.2) is 20.9 Å². The Morgan fingerprint density at radius 2 is 1.63 bits per heavy atom. The minimum Gasteiger partial charge on any atom is -0.477 e. The maximum Gasteiger partial charge on any atom is 0.354 e. The number of carbonyl (C=O) groups is 1. The summed E-state index contributed by atoms with van der Waals surface area (Å²) in [5, 5.41) is 13.5. The van der Waals surface area contributed by atoms with Crippen molar-refractivity contribution in [3.05, 3.63) is 40.1 Å². The van der Waals surface area contributed by atoms with Crippen LogP contribution in [0.3, 0.4) is 0 Å². The van der Waals surface area contributed by atoms with E-state index in [0.717, 1.165) is 22.4 Å². The molecule has 0 aliphatic carbocycles. The molecule has 0 aliphatic heterocycles. The van der Waals surface area contributed by atoms with Gasteiger partial charge in [-0.3, -0.25) is 4.68 Å². The van der Waals surface area contributed by atoms with Crippen LogP contribution in [0.1, 0.15) is 32.7 Å². The van der Waals surface area contributed by atoms with Crippen LogP contribution in [0.5, 0.6) is 0 Å². The molecule has 0 atom stereocenters. The first kappa shape index (κ1) is 13.3. The Balaban J connectivity index is 2.72. The average molecular weight is 258 g/mol. The first-order valence-corrected chi connectivity index (χ1v) is 6.18. The third-order valence-electron chi connectivity index (χ3n) is 3.72. The zero-order valence-electron chi connectivity index (χ0n) is 11.9. The van der Waals surface area contributed by atoms with E-state index < -0.39 is 5.97 Å². The lowest BCUT2D eigenvalue weighted by Crippen LogP contribution is -2.04. The van der Waals surface area contributed by atoms with E-state index >= 15 is 0 Å². The van der Waals surface area contributed by atoms with Gasteiger partial charge in [-0.15, -0.1) is 0 Å². The van der Waals surface area contributed by atoms with Crippen molar-refractivity contribution in [2.75, 3.05) is 0 Å². The number of aromatic carboxylic acids is 1. The molecular weight excluding hydrogens is 240 g/mol. The smallest absolute Gasteiger partial charge is 0.354 e. The van der Waals surface area contributed by atoms with Gasteiger partial charge in [0.2, 0.25) is 0 Å². The van der Waals surface area contributed by atoms with Gasteiger partial charge in [0.1, 0.15) is 5.69 Å². The number of carboxylic acids is 1. The monoisotopic (exact) mass is 258 g/mol. The molecule has 1 aromatic heterocycles. The molecule has 1 aromatic carbocycles. The topological polar surface area (TPSA) is 55.1 Å². The van der Waals surface area contributed by atoms with E-state index in [1.807, 2.05) is 13.8 Å². The predicted octanol–water partition coefficient (Wildman–Crippen LogP) is 3.02. The molecule has 0 radical (unpaired) electrons. The fraction of sp³-hybridized carbons (Fsp3) is 0.333. The maximum atomic E-state index is 11.1. The number of aromatic nitrogens is 2. The largest absolute Gasteiger partial charge is 0.477 e. The number of rotatable bonds is 2. The van der Waals surface area contributed by atoms with Crippen LogP contribution < -0.4 is 0 Å². The second-order valence-corrected chi connectivity index (χ2v) is 4.98. The zero-order valence-corrected chi connectivity index (χ0v) is 11.9. The molecule has 2 aromatic rings. The van der Waals surface area contributed by atoms with Crippen LogP contribution >= 0.6 is 0 Å². The normalized spacial score (nSPS) is 10.8. The van der Waals surface area contributed by atoms with E-state index in [2.05, 4.69) is 25.0 Å². The zero-order chi connectivity index (χ0) is 14.3. The second kappa shape index (κ2) is 4.53. The van der Waals surface area contributed by atoms with Gasteiger partial charge >= 0.3 is 5.97 Å². The highest BCUT2D eigenvalue weighted by molar-refractivity contribution is 5.87. The molecule has 4 heteroatoms. The Kier molecular flexibility index (Phi) is 3.18. The molecule has 0 aliphatic rings. The van der Waals surface area contributed by atoms with E-state index in [1.54, 1.807) is 13.1 Å². The summed E-state index contributed by atoms with van der Waals surface area (Å²) in [4.78, 5) is 11.1. The van der Waals surface area contributed by atoms with Crippen LogP contribution in [0.25, 0.3) is 11.3 Å². The van der Waals surface area contributed by atoms with E-state index in [-0.39, 0.29) is 5.69 Å². The van der Waals surface area contributed by atoms with Gasteiger partial charge in [0, 0.05) is 12.6 Å². The lowest BCUT2D eigenvalue weighted by molar-refractivity contribution is 0.0685. The number of nitrogens with zero attached hydrogens (tertiary/aromatic N) is 2. The Morgan fingerprint density at radius 1 is 1.11 bits per heavy atom. The quantitative estimate of drug-likeness (QED) is 0.900. The van der Waals surface area contributed by atoms with E-state index in [9.17, 15) is 4.79 Å². The number of aryl methyl sites for hydroxylation is 3. The first-order valence-electron chi connectivity index (χ1n) is 6.18. The van der Waals surface area contributed by atoms with Crippen LogP contribution in [-0.2, 0) is 7.05 Å². The van der Waals surface area contributed by atoms with Crippen molar-refractivity contribution in [3.8, 4) is 11.3 Å². The minimum atomic E-state index is -0.957. The van der Waals surface area contributed by atoms with Gasteiger partial charge in [-0.2, -0.15) is 5.10 Å². The first-order chi connectivity index (χ1) is 8.82. The van der Waals surface area contributed by atoms with Gasteiger partial charge in [-0.05, 0) is 56.0 Å². The van der Waals surface area contributed by atoms with Crippen molar-refractivity contribution in [3.63, 3.8) is 0 Å². The van der Waals surface area contributed by atoms with Crippen LogP contribution in [0.2, 0.25) is 0 Å². The van der Waals surface area contributed by atoms with Gasteiger partial charge in [0.25, 0.3) is 0 Å².